The van der Waals surface area contributed by atoms with Gasteiger partial charge >= 0.3 is 6.09 Å². The molecular formula is C16H19N3O3. The van der Waals surface area contributed by atoms with Crippen molar-refractivity contribution in [1.29, 1.82) is 0 Å². The van der Waals surface area contributed by atoms with Crippen LogP contribution in [0, 0.1) is 0 Å². The first-order valence-electron chi connectivity index (χ1n) is 6.94. The Morgan fingerprint density at radius 2 is 2.14 bits per heavy atom. The van der Waals surface area contributed by atoms with Crippen molar-refractivity contribution in [2.24, 2.45) is 0 Å². The summed E-state index contributed by atoms with van der Waals surface area (Å²) >= 11 is 0. The van der Waals surface area contributed by atoms with Crippen LogP contribution >= 0.6 is 0 Å². The maximum Gasteiger partial charge on any atom is 0.407 e. The third-order valence-electron chi connectivity index (χ3n) is 3.35. The summed E-state index contributed by atoms with van der Waals surface area (Å²) in [5, 5.41) is 3.49. The highest BCUT2D eigenvalue weighted by Gasteiger charge is 2.19. The van der Waals surface area contributed by atoms with Gasteiger partial charge in [-0.1, -0.05) is 12.1 Å². The molecule has 6 nitrogen and oxygen atoms in total. The Balaban J connectivity index is 2.04. The summed E-state index contributed by atoms with van der Waals surface area (Å²) in [5.74, 6) is -0.184. The van der Waals surface area contributed by atoms with Gasteiger partial charge in [-0.25, -0.2) is 4.79 Å². The number of aromatic nitrogens is 1. The number of carbonyl (C=O) groups excluding carboxylic acids is 2. The molecule has 2 amide bonds. The number of alkyl carbamates (subject to hydrolysis) is 1. The van der Waals surface area contributed by atoms with Crippen LogP contribution in [0.3, 0.4) is 0 Å². The lowest BCUT2D eigenvalue weighted by Gasteiger charge is -2.22. The number of ether oxygens (including phenoxy) is 1. The number of amides is 2. The molecule has 2 aromatic rings. The van der Waals surface area contributed by atoms with E-state index >= 15 is 0 Å². The monoisotopic (exact) mass is 301 g/mol. The van der Waals surface area contributed by atoms with E-state index in [9.17, 15) is 9.59 Å². The summed E-state index contributed by atoms with van der Waals surface area (Å²) < 4.78 is 4.49. The van der Waals surface area contributed by atoms with Crippen LogP contribution in [0.5, 0.6) is 0 Å². The number of nitrogens with one attached hydrogen (secondary N) is 1. The molecule has 1 aromatic heterocycles. The lowest BCUT2D eigenvalue weighted by Crippen LogP contribution is -2.45. The minimum atomic E-state index is -0.639. The lowest BCUT2D eigenvalue weighted by molar-refractivity contribution is -0.132. The first kappa shape index (κ1) is 15.8. The summed E-state index contributed by atoms with van der Waals surface area (Å²) in [5.41, 5.74) is 1.92. The molecular weight excluding hydrogens is 282 g/mol. The number of hydrogen-bond acceptors (Lipinski definition) is 4. The SMILES string of the molecule is COC(=O)N[C@@H](C)C(=O)N(C)Cc1ccc2ncccc2c1. The van der Waals surface area contributed by atoms with Crippen molar-refractivity contribution in [1.82, 2.24) is 15.2 Å². The molecule has 0 radical (unpaired) electrons. The molecule has 2 rings (SSSR count). The molecule has 1 N–H and O–H groups in total. The summed E-state index contributed by atoms with van der Waals surface area (Å²) in [4.78, 5) is 29.2. The van der Waals surface area contributed by atoms with E-state index in [1.54, 1.807) is 25.1 Å². The average molecular weight is 301 g/mol. The van der Waals surface area contributed by atoms with Crippen LogP contribution in [0.1, 0.15) is 12.5 Å². The summed E-state index contributed by atoms with van der Waals surface area (Å²) in [7, 11) is 2.96. The number of pyridine rings is 1. The zero-order chi connectivity index (χ0) is 16.1. The quantitative estimate of drug-likeness (QED) is 0.936. The standard InChI is InChI=1S/C16H19N3O3/c1-11(18-16(21)22-3)15(20)19(2)10-12-6-7-14-13(9-12)5-4-8-17-14/h4-9,11H,10H2,1-3H3,(H,18,21)/t11-/m0/s1. The van der Waals surface area contributed by atoms with Gasteiger partial charge in [-0.3, -0.25) is 9.78 Å². The summed E-state index contributed by atoms with van der Waals surface area (Å²) in [6.07, 6.45) is 1.13. The molecule has 0 spiro atoms. The van der Waals surface area contributed by atoms with Crippen molar-refractivity contribution in [3.8, 4) is 0 Å². The van der Waals surface area contributed by atoms with Gasteiger partial charge in [0.1, 0.15) is 6.04 Å². The molecule has 0 aliphatic heterocycles. The van der Waals surface area contributed by atoms with Crippen LogP contribution in [0.15, 0.2) is 36.5 Å². The van der Waals surface area contributed by atoms with Gasteiger partial charge in [-0.05, 0) is 30.7 Å². The Bertz CT molecular complexity index is 687. The van der Waals surface area contributed by atoms with Crippen LogP contribution in [-0.4, -0.2) is 42.1 Å². The van der Waals surface area contributed by atoms with Crippen LogP contribution in [-0.2, 0) is 16.1 Å². The van der Waals surface area contributed by atoms with Gasteiger partial charge in [0.05, 0.1) is 12.6 Å². The van der Waals surface area contributed by atoms with Gasteiger partial charge in [0.25, 0.3) is 0 Å². The van der Waals surface area contributed by atoms with E-state index in [1.165, 1.54) is 7.11 Å². The molecule has 0 bridgehead atoms. The molecule has 1 heterocycles. The van der Waals surface area contributed by atoms with Gasteiger partial charge < -0.3 is 15.0 Å². The van der Waals surface area contributed by atoms with E-state index in [0.29, 0.717) is 6.54 Å². The van der Waals surface area contributed by atoms with Crippen LogP contribution in [0.2, 0.25) is 0 Å². The Morgan fingerprint density at radius 1 is 1.36 bits per heavy atom. The van der Waals surface area contributed by atoms with Crippen LogP contribution < -0.4 is 5.32 Å². The van der Waals surface area contributed by atoms with Crippen molar-refractivity contribution in [2.45, 2.75) is 19.5 Å². The number of methoxy groups -OCH3 is 1. The highest BCUT2D eigenvalue weighted by Crippen LogP contribution is 2.14. The largest absolute Gasteiger partial charge is 0.453 e. The highest BCUT2D eigenvalue weighted by molar-refractivity contribution is 5.85. The van der Waals surface area contributed by atoms with Crippen LogP contribution in [0.25, 0.3) is 10.9 Å². The summed E-state index contributed by atoms with van der Waals surface area (Å²) in [6, 6.07) is 9.10. The van der Waals surface area contributed by atoms with Crippen molar-refractivity contribution < 1.29 is 14.3 Å². The normalized spacial score (nSPS) is 11.8. The molecule has 0 aliphatic carbocycles. The number of nitrogens with zero attached hydrogens (tertiary/aromatic N) is 2. The molecule has 1 aromatic carbocycles. The van der Waals surface area contributed by atoms with Crippen molar-refractivity contribution in [3.05, 3.63) is 42.1 Å². The predicted molar refractivity (Wildman–Crippen MR) is 83.2 cm³/mol. The third-order valence-corrected chi connectivity index (χ3v) is 3.35. The summed E-state index contributed by atoms with van der Waals surface area (Å²) in [6.45, 7) is 2.08. The molecule has 0 saturated carbocycles. The topological polar surface area (TPSA) is 71.5 Å². The lowest BCUT2D eigenvalue weighted by atomic mass is 10.1. The molecule has 0 saturated heterocycles. The first-order valence-corrected chi connectivity index (χ1v) is 6.94. The number of fused-ring (bicyclic) bond motifs is 1. The van der Waals surface area contributed by atoms with E-state index in [2.05, 4.69) is 15.0 Å². The molecule has 6 heteroatoms. The number of benzene rings is 1. The minimum Gasteiger partial charge on any atom is -0.453 e. The second kappa shape index (κ2) is 6.89. The third kappa shape index (κ3) is 3.72. The Kier molecular flexibility index (Phi) is 4.93. The Hall–Kier alpha value is -2.63. The molecule has 0 fully saturated rings. The Morgan fingerprint density at radius 3 is 2.86 bits per heavy atom. The van der Waals surface area contributed by atoms with E-state index in [4.69, 9.17) is 0 Å². The fourth-order valence-corrected chi connectivity index (χ4v) is 2.20. The van der Waals surface area contributed by atoms with Gasteiger partial charge in [-0.2, -0.15) is 0 Å². The van der Waals surface area contributed by atoms with E-state index < -0.39 is 12.1 Å². The number of hydrogen-bond donors (Lipinski definition) is 1. The van der Waals surface area contributed by atoms with Gasteiger partial charge in [-0.15, -0.1) is 0 Å². The van der Waals surface area contributed by atoms with Gasteiger partial charge in [0.15, 0.2) is 0 Å². The second-order valence-corrected chi connectivity index (χ2v) is 5.08. The molecule has 0 aliphatic rings. The van der Waals surface area contributed by atoms with Crippen molar-refractivity contribution in [2.75, 3.05) is 14.2 Å². The van der Waals surface area contributed by atoms with E-state index in [1.807, 2.05) is 30.3 Å². The maximum atomic E-state index is 12.2. The number of carbonyl (C=O) groups is 2. The number of rotatable bonds is 4. The van der Waals surface area contributed by atoms with Gasteiger partial charge in [0.2, 0.25) is 5.91 Å². The zero-order valence-electron chi connectivity index (χ0n) is 12.9. The fraction of sp³-hybridized carbons (Fsp3) is 0.312. The highest BCUT2D eigenvalue weighted by atomic mass is 16.5. The van der Waals surface area contributed by atoms with Crippen LogP contribution in [0.4, 0.5) is 4.79 Å². The Labute approximate surface area is 129 Å². The molecule has 0 unspecified atom stereocenters. The smallest absolute Gasteiger partial charge is 0.407 e. The molecule has 1 atom stereocenters. The van der Waals surface area contributed by atoms with E-state index in [-0.39, 0.29) is 5.91 Å². The molecule has 116 valence electrons. The first-order chi connectivity index (χ1) is 10.5. The average Bonchev–Trinajstić information content (AvgIpc) is 2.53. The van der Waals surface area contributed by atoms with Crippen molar-refractivity contribution in [3.63, 3.8) is 0 Å². The van der Waals surface area contributed by atoms with Gasteiger partial charge in [0, 0.05) is 25.2 Å². The zero-order valence-corrected chi connectivity index (χ0v) is 12.9. The predicted octanol–water partition coefficient (Wildman–Crippen LogP) is 1.94. The molecule has 22 heavy (non-hydrogen) atoms. The minimum absolute atomic E-state index is 0.184. The fourth-order valence-electron chi connectivity index (χ4n) is 2.20. The van der Waals surface area contributed by atoms with Crippen molar-refractivity contribution >= 4 is 22.9 Å². The maximum absolute atomic E-state index is 12.2. The number of likely N-dealkylation sites (N-methyl/N-ethyl adjacent to an activating group) is 1. The van der Waals surface area contributed by atoms with E-state index in [0.717, 1.165) is 16.5 Å². The second-order valence-electron chi connectivity index (χ2n) is 5.08.